The number of aliphatic hydroxyl groups is 1. The maximum Gasteiger partial charge on any atom is 0.253 e. The van der Waals surface area contributed by atoms with E-state index in [1.54, 1.807) is 58.2 Å². The molecule has 2 aromatic carbocycles. The number of anilines is 1. The molecule has 0 aromatic heterocycles. The topological polar surface area (TPSA) is 99.6 Å². The van der Waals surface area contributed by atoms with Gasteiger partial charge in [0.05, 0.1) is 37.2 Å². The molecule has 0 radical (unpaired) electrons. The Hall–Kier alpha value is -3.95. The van der Waals surface area contributed by atoms with Crippen LogP contribution < -0.4 is 9.64 Å². The lowest BCUT2D eigenvalue weighted by molar-refractivity contribution is -0.152. The van der Waals surface area contributed by atoms with Crippen molar-refractivity contribution in [3.63, 3.8) is 0 Å². The molecule has 3 heterocycles. The van der Waals surface area contributed by atoms with Gasteiger partial charge in [0.25, 0.3) is 5.91 Å². The summed E-state index contributed by atoms with van der Waals surface area (Å²) in [6.07, 6.45) is 4.80. The summed E-state index contributed by atoms with van der Waals surface area (Å²) in [5, 5.41) is 10.7. The number of rotatable bonds is 14. The summed E-state index contributed by atoms with van der Waals surface area (Å²) in [6, 6.07) is 15.2. The van der Waals surface area contributed by atoms with Gasteiger partial charge in [0.2, 0.25) is 11.8 Å². The van der Waals surface area contributed by atoms with Gasteiger partial charge in [-0.3, -0.25) is 14.4 Å². The number of amides is 3. The lowest BCUT2D eigenvalue weighted by Crippen LogP contribution is -2.59. The zero-order chi connectivity index (χ0) is 33.2. The van der Waals surface area contributed by atoms with Crippen molar-refractivity contribution in [3.05, 3.63) is 85.5 Å². The van der Waals surface area contributed by atoms with Crippen LogP contribution >= 0.6 is 0 Å². The lowest BCUT2D eigenvalue weighted by Gasteiger charge is -2.40. The average Bonchev–Trinajstić information content (AvgIpc) is 3.62. The molecule has 1 spiro atoms. The molecule has 2 aromatic rings. The maximum absolute atomic E-state index is 14.9. The molecule has 2 unspecified atom stereocenters. The highest BCUT2D eigenvalue weighted by Gasteiger charge is 2.79. The highest BCUT2D eigenvalue weighted by molar-refractivity contribution is 6.05. The fourth-order valence-electron chi connectivity index (χ4n) is 7.98. The van der Waals surface area contributed by atoms with Crippen LogP contribution in [-0.2, 0) is 25.7 Å². The molecule has 9 nitrogen and oxygen atoms in total. The van der Waals surface area contributed by atoms with Gasteiger partial charge >= 0.3 is 0 Å². The predicted octanol–water partition coefficient (Wildman–Crippen LogP) is 4.60. The number of aliphatic hydroxyl groups excluding tert-OH is 1. The zero-order valence-electron chi connectivity index (χ0n) is 27.4. The first-order valence-electron chi connectivity index (χ1n) is 16.2. The maximum atomic E-state index is 14.9. The lowest BCUT2D eigenvalue weighted by atomic mass is 9.66. The van der Waals surface area contributed by atoms with Gasteiger partial charge < -0.3 is 29.3 Å². The molecule has 3 amide bonds. The zero-order valence-corrected chi connectivity index (χ0v) is 27.4. The number of ether oxygens (including phenoxy) is 2. The summed E-state index contributed by atoms with van der Waals surface area (Å²) in [7, 11) is 1.58. The minimum atomic E-state index is -1.23. The second kappa shape index (κ2) is 13.4. The summed E-state index contributed by atoms with van der Waals surface area (Å²) in [5.41, 5.74) is -0.583. The molecule has 0 saturated carbocycles. The Bertz CT molecular complexity index is 1440. The third kappa shape index (κ3) is 5.75. The van der Waals surface area contributed by atoms with Crippen molar-refractivity contribution in [2.75, 3.05) is 31.7 Å². The van der Waals surface area contributed by atoms with E-state index in [0.717, 1.165) is 5.56 Å². The molecular formula is C37H47N3O6. The van der Waals surface area contributed by atoms with Gasteiger partial charge in [-0.25, -0.2) is 0 Å². The van der Waals surface area contributed by atoms with E-state index in [0.29, 0.717) is 43.8 Å². The SMILES string of the molecule is C=CCN(Cc1ccccc1)C(=O)[C@@H]1[C@H]2C(=O)N([C@@H](CO)CC(C)C)C(C(=O)N(CC=C)c3ccc(OC)cc3)C23CC[C@@]1(C)O3. The van der Waals surface area contributed by atoms with E-state index in [1.165, 1.54) is 0 Å². The molecule has 2 bridgehead atoms. The highest BCUT2D eigenvalue weighted by Crippen LogP contribution is 2.64. The summed E-state index contributed by atoms with van der Waals surface area (Å²) in [5.74, 6) is -1.72. The normalized spacial score (nSPS) is 27.0. The number of carbonyl (C=O) groups is 3. The Morgan fingerprint density at radius 2 is 1.74 bits per heavy atom. The third-order valence-corrected chi connectivity index (χ3v) is 9.90. The van der Waals surface area contributed by atoms with Crippen LogP contribution in [0.4, 0.5) is 5.69 Å². The number of likely N-dealkylation sites (tertiary alicyclic amines) is 1. The van der Waals surface area contributed by atoms with E-state index in [1.807, 2.05) is 51.1 Å². The van der Waals surface area contributed by atoms with Gasteiger partial charge in [-0.2, -0.15) is 0 Å². The summed E-state index contributed by atoms with van der Waals surface area (Å²) in [6.45, 7) is 14.3. The third-order valence-electron chi connectivity index (χ3n) is 9.90. The molecule has 6 atom stereocenters. The van der Waals surface area contributed by atoms with Crippen molar-refractivity contribution >= 4 is 23.4 Å². The molecule has 3 saturated heterocycles. The monoisotopic (exact) mass is 629 g/mol. The number of hydrogen-bond acceptors (Lipinski definition) is 6. The number of fused-ring (bicyclic) bond motifs is 1. The van der Waals surface area contributed by atoms with Crippen LogP contribution in [0.5, 0.6) is 5.75 Å². The molecule has 3 aliphatic heterocycles. The van der Waals surface area contributed by atoms with E-state index < -0.39 is 35.1 Å². The van der Waals surface area contributed by atoms with Crippen LogP contribution in [-0.4, -0.2) is 82.7 Å². The second-order valence-electron chi connectivity index (χ2n) is 13.4. The van der Waals surface area contributed by atoms with Gasteiger partial charge in [-0.1, -0.05) is 56.3 Å². The van der Waals surface area contributed by atoms with Crippen LogP contribution in [0, 0.1) is 17.8 Å². The Morgan fingerprint density at radius 3 is 2.33 bits per heavy atom. The summed E-state index contributed by atoms with van der Waals surface area (Å²) >= 11 is 0. The van der Waals surface area contributed by atoms with Gasteiger partial charge in [-0.15, -0.1) is 13.2 Å². The van der Waals surface area contributed by atoms with E-state index in [9.17, 15) is 19.5 Å². The van der Waals surface area contributed by atoms with Crippen molar-refractivity contribution < 1.29 is 29.0 Å². The van der Waals surface area contributed by atoms with Crippen LogP contribution in [0.1, 0.15) is 45.6 Å². The Kier molecular flexibility index (Phi) is 9.75. The second-order valence-corrected chi connectivity index (χ2v) is 13.4. The smallest absolute Gasteiger partial charge is 0.253 e. The molecule has 5 rings (SSSR count). The Morgan fingerprint density at radius 1 is 1.07 bits per heavy atom. The average molecular weight is 630 g/mol. The Balaban J connectivity index is 1.60. The molecule has 3 aliphatic rings. The van der Waals surface area contributed by atoms with Crippen molar-refractivity contribution in [2.24, 2.45) is 17.8 Å². The quantitative estimate of drug-likeness (QED) is 0.307. The molecule has 0 aliphatic carbocycles. The summed E-state index contributed by atoms with van der Waals surface area (Å²) in [4.78, 5) is 49.2. The molecule has 246 valence electrons. The van der Waals surface area contributed by atoms with Crippen LogP contribution in [0.2, 0.25) is 0 Å². The number of carbonyl (C=O) groups excluding carboxylic acids is 3. The molecule has 1 N–H and O–H groups in total. The van der Waals surface area contributed by atoms with E-state index in [4.69, 9.17) is 9.47 Å². The van der Waals surface area contributed by atoms with Crippen LogP contribution in [0.15, 0.2) is 79.9 Å². The Labute approximate surface area is 272 Å². The predicted molar refractivity (Wildman–Crippen MR) is 177 cm³/mol. The van der Waals surface area contributed by atoms with Gasteiger partial charge in [0.1, 0.15) is 17.4 Å². The standard InChI is InChI=1S/C37H47N3O6/c1-7-20-38(23-26-12-10-9-11-13-26)33(42)30-31-34(43)40(28(24-41)22-25(3)4)32(37(31)19-18-36(30,5)46-37)35(44)39(21-8-2)27-14-16-29(45-6)17-15-27/h7-17,25,28,30-32,41H,1-2,18-24H2,3-6H3/t28-,30+,31+,32?,36-,37?/m1/s1. The largest absolute Gasteiger partial charge is 0.497 e. The van der Waals surface area contributed by atoms with Gasteiger partial charge in [0, 0.05) is 25.3 Å². The first kappa shape index (κ1) is 33.4. The van der Waals surface area contributed by atoms with E-state index >= 15 is 0 Å². The first-order valence-corrected chi connectivity index (χ1v) is 16.2. The van der Waals surface area contributed by atoms with Crippen LogP contribution in [0.25, 0.3) is 0 Å². The number of hydrogen-bond donors (Lipinski definition) is 1. The van der Waals surface area contributed by atoms with Crippen molar-refractivity contribution in [3.8, 4) is 5.75 Å². The minimum Gasteiger partial charge on any atom is -0.497 e. The number of methoxy groups -OCH3 is 1. The molecular weight excluding hydrogens is 582 g/mol. The minimum absolute atomic E-state index is 0.144. The number of nitrogens with zero attached hydrogens (tertiary/aromatic N) is 3. The van der Waals surface area contributed by atoms with Gasteiger partial charge in [-0.05, 0) is 61.9 Å². The molecule has 46 heavy (non-hydrogen) atoms. The highest BCUT2D eigenvalue weighted by atomic mass is 16.5. The fourth-order valence-corrected chi connectivity index (χ4v) is 7.98. The van der Waals surface area contributed by atoms with E-state index in [-0.39, 0.29) is 36.8 Å². The van der Waals surface area contributed by atoms with Crippen molar-refractivity contribution in [1.82, 2.24) is 9.80 Å². The fraction of sp³-hybridized carbons (Fsp3) is 0.486. The van der Waals surface area contributed by atoms with Gasteiger partial charge in [0.15, 0.2) is 0 Å². The van der Waals surface area contributed by atoms with Crippen LogP contribution in [0.3, 0.4) is 0 Å². The molecule has 3 fully saturated rings. The first-order chi connectivity index (χ1) is 22.0. The van der Waals surface area contributed by atoms with E-state index in [2.05, 4.69) is 13.2 Å². The summed E-state index contributed by atoms with van der Waals surface area (Å²) < 4.78 is 12.2. The molecule has 9 heteroatoms. The van der Waals surface area contributed by atoms with Crippen molar-refractivity contribution in [2.45, 2.75) is 69.9 Å². The number of benzene rings is 2. The van der Waals surface area contributed by atoms with Crippen molar-refractivity contribution in [1.29, 1.82) is 0 Å².